The number of rotatable bonds is 5. The number of carboxylic acids is 1. The molecule has 3 rings (SSSR count). The van der Waals surface area contributed by atoms with E-state index in [1.165, 1.54) is 42.5 Å². The van der Waals surface area contributed by atoms with Crippen LogP contribution >= 0.6 is 11.3 Å². The molecule has 0 unspecified atom stereocenters. The van der Waals surface area contributed by atoms with E-state index in [2.05, 4.69) is 4.72 Å². The van der Waals surface area contributed by atoms with Crippen LogP contribution in [-0.2, 0) is 10.0 Å². The summed E-state index contributed by atoms with van der Waals surface area (Å²) in [5.74, 6) is -1.65. The van der Waals surface area contributed by atoms with Crippen molar-refractivity contribution in [3.05, 3.63) is 71.4 Å². The van der Waals surface area contributed by atoms with Gasteiger partial charge in [0.25, 0.3) is 10.0 Å². The molecule has 5 nitrogen and oxygen atoms in total. The Hall–Kier alpha value is -2.71. The molecule has 128 valence electrons. The lowest BCUT2D eigenvalue weighted by atomic mass is 10.0. The van der Waals surface area contributed by atoms with Gasteiger partial charge in [0.2, 0.25) is 0 Å². The number of hydrogen-bond acceptors (Lipinski definition) is 4. The van der Waals surface area contributed by atoms with E-state index in [1.807, 2.05) is 0 Å². The highest BCUT2D eigenvalue weighted by Gasteiger charge is 2.20. The van der Waals surface area contributed by atoms with E-state index in [9.17, 15) is 22.7 Å². The molecule has 0 spiro atoms. The minimum atomic E-state index is -3.89. The number of carboxylic acid groups (broad SMARTS) is 1. The summed E-state index contributed by atoms with van der Waals surface area (Å²) in [4.78, 5) is 11.4. The van der Waals surface area contributed by atoms with Crippen LogP contribution in [0, 0.1) is 5.82 Å². The average molecular weight is 377 g/mol. The number of halogens is 1. The summed E-state index contributed by atoms with van der Waals surface area (Å²) < 4.78 is 40.2. The Labute approximate surface area is 147 Å². The van der Waals surface area contributed by atoms with Gasteiger partial charge >= 0.3 is 5.97 Å². The Kier molecular flexibility index (Phi) is 4.56. The Balaban J connectivity index is 2.05. The van der Waals surface area contributed by atoms with Crippen molar-refractivity contribution >= 4 is 33.0 Å². The third-order valence-electron chi connectivity index (χ3n) is 3.43. The highest BCUT2D eigenvalue weighted by Crippen LogP contribution is 2.28. The maximum Gasteiger partial charge on any atom is 0.337 e. The van der Waals surface area contributed by atoms with E-state index < -0.39 is 21.8 Å². The molecule has 0 saturated heterocycles. The molecule has 2 aromatic carbocycles. The molecule has 0 aliphatic rings. The number of thiophene rings is 1. The van der Waals surface area contributed by atoms with Gasteiger partial charge in [-0.2, -0.15) is 0 Å². The number of carbonyl (C=O) groups is 1. The zero-order valence-corrected chi connectivity index (χ0v) is 14.3. The minimum absolute atomic E-state index is 0.0530. The van der Waals surface area contributed by atoms with Gasteiger partial charge in [-0.15, -0.1) is 11.3 Å². The van der Waals surface area contributed by atoms with Gasteiger partial charge in [0.1, 0.15) is 10.0 Å². The number of anilines is 1. The van der Waals surface area contributed by atoms with Gasteiger partial charge in [0.15, 0.2) is 0 Å². The first-order valence-corrected chi connectivity index (χ1v) is 9.43. The number of sulfonamides is 1. The van der Waals surface area contributed by atoms with Crippen molar-refractivity contribution in [3.8, 4) is 11.1 Å². The van der Waals surface area contributed by atoms with Crippen LogP contribution in [0.1, 0.15) is 10.4 Å². The van der Waals surface area contributed by atoms with Crippen molar-refractivity contribution in [1.82, 2.24) is 0 Å². The second-order valence-corrected chi connectivity index (χ2v) is 7.97. The van der Waals surface area contributed by atoms with Gasteiger partial charge < -0.3 is 5.11 Å². The molecule has 0 bridgehead atoms. The Morgan fingerprint density at radius 1 is 1.04 bits per heavy atom. The first-order valence-electron chi connectivity index (χ1n) is 7.06. The second kappa shape index (κ2) is 6.66. The second-order valence-electron chi connectivity index (χ2n) is 5.11. The molecule has 0 atom stereocenters. The average Bonchev–Trinajstić information content (AvgIpc) is 3.10. The lowest BCUT2D eigenvalue weighted by molar-refractivity contribution is 0.0698. The van der Waals surface area contributed by atoms with Crippen molar-refractivity contribution in [3.63, 3.8) is 0 Å². The molecule has 2 N–H and O–H groups in total. The van der Waals surface area contributed by atoms with Gasteiger partial charge in [-0.3, -0.25) is 4.72 Å². The predicted molar refractivity (Wildman–Crippen MR) is 93.9 cm³/mol. The van der Waals surface area contributed by atoms with Crippen LogP contribution in [0.4, 0.5) is 10.1 Å². The van der Waals surface area contributed by atoms with E-state index in [1.54, 1.807) is 17.5 Å². The van der Waals surface area contributed by atoms with Gasteiger partial charge in [-0.25, -0.2) is 17.6 Å². The molecule has 0 fully saturated rings. The molecular formula is C17H12FNO4S2. The summed E-state index contributed by atoms with van der Waals surface area (Å²) in [6.07, 6.45) is 0. The maximum absolute atomic E-state index is 13.1. The number of hydrogen-bond donors (Lipinski definition) is 2. The lowest BCUT2D eigenvalue weighted by Crippen LogP contribution is -2.14. The first kappa shape index (κ1) is 17.1. The molecule has 0 amide bonds. The Bertz CT molecular complexity index is 1010. The molecule has 0 saturated carbocycles. The smallest absolute Gasteiger partial charge is 0.337 e. The van der Waals surface area contributed by atoms with E-state index in [4.69, 9.17) is 0 Å². The Morgan fingerprint density at radius 2 is 1.72 bits per heavy atom. The Morgan fingerprint density at radius 3 is 2.32 bits per heavy atom. The normalized spacial score (nSPS) is 11.2. The highest BCUT2D eigenvalue weighted by atomic mass is 32.2. The summed E-state index contributed by atoms with van der Waals surface area (Å²) in [6, 6.07) is 12.9. The number of benzene rings is 2. The van der Waals surface area contributed by atoms with Gasteiger partial charge in [-0.1, -0.05) is 24.3 Å². The van der Waals surface area contributed by atoms with Gasteiger partial charge in [0.05, 0.1) is 11.3 Å². The SMILES string of the molecule is O=C(O)c1ccc(-c2ccc(F)cc2)cc1NS(=O)(=O)c1cccs1. The fraction of sp³-hybridized carbons (Fsp3) is 0. The third-order valence-corrected chi connectivity index (χ3v) is 6.19. The standard InChI is InChI=1S/C17H12FNO4S2/c18-13-6-3-11(4-7-13)12-5-8-14(17(20)21)15(10-12)19-25(22,23)16-2-1-9-24-16/h1-10,19H,(H,20,21). The summed E-state index contributed by atoms with van der Waals surface area (Å²) in [5, 5.41) is 10.9. The van der Waals surface area contributed by atoms with Crippen LogP contribution in [0.15, 0.2) is 64.2 Å². The number of nitrogens with one attached hydrogen (secondary N) is 1. The fourth-order valence-electron chi connectivity index (χ4n) is 2.25. The lowest BCUT2D eigenvalue weighted by Gasteiger charge is -2.12. The molecular weight excluding hydrogens is 365 g/mol. The molecule has 0 aliphatic carbocycles. The van der Waals surface area contributed by atoms with Crippen LogP contribution < -0.4 is 4.72 Å². The van der Waals surface area contributed by atoms with Crippen LogP contribution in [0.3, 0.4) is 0 Å². The number of aromatic carboxylic acids is 1. The molecule has 1 aromatic heterocycles. The van der Waals surface area contributed by atoms with E-state index in [0.29, 0.717) is 11.1 Å². The van der Waals surface area contributed by atoms with E-state index >= 15 is 0 Å². The summed E-state index contributed by atoms with van der Waals surface area (Å²) in [6.45, 7) is 0. The predicted octanol–water partition coefficient (Wildman–Crippen LogP) is 4.05. The van der Waals surface area contributed by atoms with Crippen molar-refractivity contribution in [2.24, 2.45) is 0 Å². The minimum Gasteiger partial charge on any atom is -0.478 e. The summed E-state index contributed by atoms with van der Waals surface area (Å²) in [7, 11) is -3.89. The quantitative estimate of drug-likeness (QED) is 0.703. The van der Waals surface area contributed by atoms with Gasteiger partial charge in [-0.05, 0) is 46.8 Å². The summed E-state index contributed by atoms with van der Waals surface area (Å²) >= 11 is 1.03. The monoisotopic (exact) mass is 377 g/mol. The molecule has 0 aliphatic heterocycles. The van der Waals surface area contributed by atoms with E-state index in [-0.39, 0.29) is 15.5 Å². The van der Waals surface area contributed by atoms with Crippen molar-refractivity contribution in [2.45, 2.75) is 4.21 Å². The zero-order valence-electron chi connectivity index (χ0n) is 12.6. The highest BCUT2D eigenvalue weighted by molar-refractivity contribution is 7.94. The topological polar surface area (TPSA) is 83.5 Å². The van der Waals surface area contributed by atoms with Crippen LogP contribution in [0.2, 0.25) is 0 Å². The third kappa shape index (κ3) is 3.70. The molecule has 8 heteroatoms. The molecule has 25 heavy (non-hydrogen) atoms. The summed E-state index contributed by atoms with van der Waals surface area (Å²) in [5.41, 5.74) is 0.970. The van der Waals surface area contributed by atoms with Crippen LogP contribution in [-0.4, -0.2) is 19.5 Å². The molecule has 1 heterocycles. The van der Waals surface area contributed by atoms with Crippen LogP contribution in [0.25, 0.3) is 11.1 Å². The molecule has 3 aromatic rings. The van der Waals surface area contributed by atoms with Crippen molar-refractivity contribution in [1.29, 1.82) is 0 Å². The van der Waals surface area contributed by atoms with E-state index in [0.717, 1.165) is 11.3 Å². The van der Waals surface area contributed by atoms with Crippen molar-refractivity contribution < 1.29 is 22.7 Å². The largest absolute Gasteiger partial charge is 0.478 e. The maximum atomic E-state index is 13.1. The van der Waals surface area contributed by atoms with Crippen molar-refractivity contribution in [2.75, 3.05) is 4.72 Å². The molecule has 0 radical (unpaired) electrons. The fourth-order valence-corrected chi connectivity index (χ4v) is 4.31. The van der Waals surface area contributed by atoms with Gasteiger partial charge in [0, 0.05) is 0 Å². The van der Waals surface area contributed by atoms with Crippen LogP contribution in [0.5, 0.6) is 0 Å². The first-order chi connectivity index (χ1) is 11.9. The zero-order chi connectivity index (χ0) is 18.0.